The Morgan fingerprint density at radius 2 is 1.76 bits per heavy atom. The van der Waals surface area contributed by atoms with Crippen molar-refractivity contribution in [2.75, 3.05) is 0 Å². The summed E-state index contributed by atoms with van der Waals surface area (Å²) in [6.45, 7) is 0. The Balaban J connectivity index is 1.75. The molecular weight excluding hydrogens is 415 g/mol. The first-order valence-electron chi connectivity index (χ1n) is 11.0. The van der Waals surface area contributed by atoms with Gasteiger partial charge >= 0.3 is 5.97 Å². The molecule has 2 heterocycles. The van der Waals surface area contributed by atoms with Gasteiger partial charge in [0.2, 0.25) is 5.95 Å². The van der Waals surface area contributed by atoms with Crippen LogP contribution in [0, 0.1) is 11.9 Å². The SMILES string of the molecule is O=C(O)C=Cc1ccc(C(=C(c2ccccc2)C2CCC2)c2ccc3nccn3c2F)cc1. The average molecular weight is 439 g/mol. The van der Waals surface area contributed by atoms with E-state index in [0.29, 0.717) is 17.1 Å². The lowest BCUT2D eigenvalue weighted by Crippen LogP contribution is -2.15. The van der Waals surface area contributed by atoms with E-state index in [1.54, 1.807) is 18.5 Å². The lowest BCUT2D eigenvalue weighted by molar-refractivity contribution is -0.131. The molecule has 2 aromatic carbocycles. The number of rotatable bonds is 6. The van der Waals surface area contributed by atoms with Crippen LogP contribution in [0.1, 0.15) is 41.5 Å². The Morgan fingerprint density at radius 3 is 2.42 bits per heavy atom. The van der Waals surface area contributed by atoms with Gasteiger partial charge in [-0.25, -0.2) is 9.78 Å². The summed E-state index contributed by atoms with van der Waals surface area (Å²) in [4.78, 5) is 15.1. The summed E-state index contributed by atoms with van der Waals surface area (Å²) in [5.41, 5.74) is 5.87. The molecular formula is C28H23FN2O2. The third-order valence-electron chi connectivity index (χ3n) is 6.26. The summed E-state index contributed by atoms with van der Waals surface area (Å²) in [5, 5.41) is 8.92. The Kier molecular flexibility index (Phi) is 5.61. The number of nitrogens with zero attached hydrogens (tertiary/aromatic N) is 2. The standard InChI is InChI=1S/C28H23FN2O2/c29-28-23(14-15-24-30-17-18-31(24)28)27(22-12-9-19(10-13-22)11-16-25(32)33)26(21-7-4-8-21)20-5-2-1-3-6-20/h1-3,5-6,9-18,21H,4,7-8H2,(H,32,33). The number of pyridine rings is 1. The number of hydrogen-bond acceptors (Lipinski definition) is 2. The Bertz CT molecular complexity index is 1360. The number of hydrogen-bond donors (Lipinski definition) is 1. The van der Waals surface area contributed by atoms with Crippen LogP contribution in [0.3, 0.4) is 0 Å². The van der Waals surface area contributed by atoms with Crippen LogP contribution in [0.25, 0.3) is 22.9 Å². The van der Waals surface area contributed by atoms with Crippen LogP contribution in [-0.2, 0) is 4.79 Å². The van der Waals surface area contributed by atoms with Crippen LogP contribution in [0.5, 0.6) is 0 Å². The third kappa shape index (κ3) is 4.10. The van der Waals surface area contributed by atoms with Crippen molar-refractivity contribution >= 4 is 28.8 Å². The molecule has 0 unspecified atom stereocenters. The van der Waals surface area contributed by atoms with Crippen molar-refractivity contribution in [1.82, 2.24) is 9.38 Å². The molecule has 2 aromatic heterocycles. The van der Waals surface area contributed by atoms with E-state index in [1.807, 2.05) is 54.6 Å². The van der Waals surface area contributed by atoms with Crippen LogP contribution >= 0.6 is 0 Å². The zero-order chi connectivity index (χ0) is 22.8. The summed E-state index contributed by atoms with van der Waals surface area (Å²) in [7, 11) is 0. The molecule has 0 spiro atoms. The van der Waals surface area contributed by atoms with E-state index in [-0.39, 0.29) is 5.95 Å². The summed E-state index contributed by atoms with van der Waals surface area (Å²) in [5.74, 6) is -0.985. The van der Waals surface area contributed by atoms with Gasteiger partial charge in [-0.1, -0.05) is 61.0 Å². The van der Waals surface area contributed by atoms with Crippen LogP contribution < -0.4 is 0 Å². The Labute approximate surface area is 191 Å². The first-order valence-corrected chi connectivity index (χ1v) is 11.0. The van der Waals surface area contributed by atoms with Crippen molar-refractivity contribution in [3.63, 3.8) is 0 Å². The fourth-order valence-electron chi connectivity index (χ4n) is 4.43. The molecule has 0 aliphatic heterocycles. The molecule has 1 aliphatic carbocycles. The zero-order valence-electron chi connectivity index (χ0n) is 18.0. The van der Waals surface area contributed by atoms with Gasteiger partial charge in [-0.2, -0.15) is 4.39 Å². The third-order valence-corrected chi connectivity index (χ3v) is 6.26. The summed E-state index contributed by atoms with van der Waals surface area (Å²) in [6.07, 6.45) is 9.20. The minimum atomic E-state index is -0.994. The van der Waals surface area contributed by atoms with Gasteiger partial charge in [0.25, 0.3) is 0 Å². The Morgan fingerprint density at radius 1 is 1.00 bits per heavy atom. The first kappa shape index (κ1) is 20.9. The van der Waals surface area contributed by atoms with Crippen molar-refractivity contribution in [3.8, 4) is 0 Å². The van der Waals surface area contributed by atoms with E-state index < -0.39 is 5.97 Å². The van der Waals surface area contributed by atoms with E-state index >= 15 is 4.39 Å². The van der Waals surface area contributed by atoms with Crippen molar-refractivity contribution in [1.29, 1.82) is 0 Å². The molecule has 5 rings (SSSR count). The zero-order valence-corrected chi connectivity index (χ0v) is 18.0. The number of benzene rings is 2. The second kappa shape index (κ2) is 8.87. The fourth-order valence-corrected chi connectivity index (χ4v) is 4.43. The van der Waals surface area contributed by atoms with Gasteiger partial charge in [-0.15, -0.1) is 0 Å². The molecule has 0 saturated heterocycles. The van der Waals surface area contributed by atoms with Crippen LogP contribution in [0.4, 0.5) is 4.39 Å². The summed E-state index contributed by atoms with van der Waals surface area (Å²) < 4.78 is 17.3. The Hall–Kier alpha value is -3.99. The normalized spacial score (nSPS) is 14.9. The molecule has 0 amide bonds. The predicted molar refractivity (Wildman–Crippen MR) is 128 cm³/mol. The number of imidazole rings is 1. The maximum atomic E-state index is 15.8. The van der Waals surface area contributed by atoms with Gasteiger partial charge in [-0.05, 0) is 64.8 Å². The molecule has 0 atom stereocenters. The molecule has 33 heavy (non-hydrogen) atoms. The van der Waals surface area contributed by atoms with Crippen molar-refractivity contribution in [2.45, 2.75) is 19.3 Å². The van der Waals surface area contributed by atoms with Crippen molar-refractivity contribution in [3.05, 3.63) is 113 Å². The van der Waals surface area contributed by atoms with E-state index in [4.69, 9.17) is 5.11 Å². The number of carbonyl (C=O) groups is 1. The fraction of sp³-hybridized carbons (Fsp3) is 0.143. The predicted octanol–water partition coefficient (Wildman–Crippen LogP) is 6.33. The number of aromatic nitrogens is 2. The van der Waals surface area contributed by atoms with Crippen LogP contribution in [0.15, 0.2) is 85.2 Å². The molecule has 1 aliphatic rings. The van der Waals surface area contributed by atoms with E-state index in [1.165, 1.54) is 4.40 Å². The van der Waals surface area contributed by atoms with Gasteiger partial charge in [0.05, 0.1) is 0 Å². The smallest absolute Gasteiger partial charge is 0.328 e. The monoisotopic (exact) mass is 438 g/mol. The van der Waals surface area contributed by atoms with E-state index in [2.05, 4.69) is 17.1 Å². The second-order valence-electron chi connectivity index (χ2n) is 8.27. The van der Waals surface area contributed by atoms with Crippen LogP contribution in [0.2, 0.25) is 0 Å². The largest absolute Gasteiger partial charge is 0.478 e. The minimum absolute atomic E-state index is 0.345. The number of carboxylic acids is 1. The molecule has 164 valence electrons. The molecule has 4 nitrogen and oxygen atoms in total. The molecule has 0 bridgehead atoms. The second-order valence-corrected chi connectivity index (χ2v) is 8.27. The lowest BCUT2D eigenvalue weighted by atomic mass is 9.73. The van der Waals surface area contributed by atoms with E-state index in [9.17, 15) is 4.79 Å². The van der Waals surface area contributed by atoms with Crippen molar-refractivity contribution in [2.24, 2.45) is 5.92 Å². The average Bonchev–Trinajstić information content (AvgIpc) is 3.28. The maximum Gasteiger partial charge on any atom is 0.328 e. The number of allylic oxidation sites excluding steroid dienone is 1. The highest BCUT2D eigenvalue weighted by Crippen LogP contribution is 2.45. The summed E-state index contributed by atoms with van der Waals surface area (Å²) >= 11 is 0. The highest BCUT2D eigenvalue weighted by molar-refractivity contribution is 5.99. The molecule has 5 heteroatoms. The maximum absolute atomic E-state index is 15.8. The molecule has 4 aromatic rings. The van der Waals surface area contributed by atoms with Gasteiger partial charge in [0.15, 0.2) is 0 Å². The van der Waals surface area contributed by atoms with Gasteiger partial charge in [0, 0.05) is 24.0 Å². The molecule has 1 N–H and O–H groups in total. The van der Waals surface area contributed by atoms with Gasteiger partial charge in [-0.3, -0.25) is 4.40 Å². The number of fused-ring (bicyclic) bond motifs is 1. The molecule has 1 saturated carbocycles. The van der Waals surface area contributed by atoms with Crippen molar-refractivity contribution < 1.29 is 14.3 Å². The van der Waals surface area contributed by atoms with Gasteiger partial charge < -0.3 is 5.11 Å². The summed E-state index contributed by atoms with van der Waals surface area (Å²) in [6, 6.07) is 21.5. The topological polar surface area (TPSA) is 54.6 Å². The molecule has 1 fully saturated rings. The van der Waals surface area contributed by atoms with Gasteiger partial charge in [0.1, 0.15) is 5.65 Å². The lowest BCUT2D eigenvalue weighted by Gasteiger charge is -2.31. The quantitative estimate of drug-likeness (QED) is 0.217. The highest BCUT2D eigenvalue weighted by Gasteiger charge is 2.28. The minimum Gasteiger partial charge on any atom is -0.478 e. The number of aliphatic carboxylic acids is 1. The first-order chi connectivity index (χ1) is 16.1. The van der Waals surface area contributed by atoms with E-state index in [0.717, 1.165) is 53.2 Å². The van der Waals surface area contributed by atoms with Crippen LogP contribution in [-0.4, -0.2) is 20.5 Å². The number of halogens is 1. The number of carboxylic acid groups (broad SMARTS) is 1. The molecule has 0 radical (unpaired) electrons. The highest BCUT2D eigenvalue weighted by atomic mass is 19.1.